The van der Waals surface area contributed by atoms with Crippen molar-refractivity contribution in [2.45, 2.75) is 58.2 Å². The third kappa shape index (κ3) is 6.83. The number of carbonyl (C=O) groups is 1. The predicted octanol–water partition coefficient (Wildman–Crippen LogP) is 7.40. The zero-order chi connectivity index (χ0) is 24.7. The highest BCUT2D eigenvalue weighted by Gasteiger charge is 2.30. The molecule has 0 aliphatic rings. The molecule has 34 heavy (non-hydrogen) atoms. The summed E-state index contributed by atoms with van der Waals surface area (Å²) >= 11 is 0. The summed E-state index contributed by atoms with van der Waals surface area (Å²) in [6, 6.07) is 16.1. The molecule has 1 atom stereocenters. The number of alkyl halides is 3. The highest BCUT2D eigenvalue weighted by Crippen LogP contribution is 2.32. The summed E-state index contributed by atoms with van der Waals surface area (Å²) < 4.78 is 45.0. The van der Waals surface area contributed by atoms with Crippen molar-refractivity contribution in [2.75, 3.05) is 0 Å². The Labute approximate surface area is 197 Å². The number of nitrogens with zero attached hydrogens (tertiary/aromatic N) is 1. The van der Waals surface area contributed by atoms with Crippen LogP contribution in [-0.4, -0.2) is 16.1 Å². The smallest absolute Gasteiger partial charge is 0.416 e. The quantitative estimate of drug-likeness (QED) is 0.335. The highest BCUT2D eigenvalue weighted by molar-refractivity contribution is 5.67. The number of benzene rings is 2. The van der Waals surface area contributed by atoms with Crippen LogP contribution in [0, 0.1) is 6.92 Å². The van der Waals surface area contributed by atoms with Crippen molar-refractivity contribution in [2.24, 2.45) is 0 Å². The molecule has 3 aromatic rings. The van der Waals surface area contributed by atoms with E-state index >= 15 is 0 Å². The molecule has 0 saturated heterocycles. The van der Waals surface area contributed by atoms with E-state index in [1.54, 1.807) is 6.07 Å². The molecule has 1 N–H and O–H groups in total. The van der Waals surface area contributed by atoms with Gasteiger partial charge in [0.2, 0.25) is 0 Å². The SMILES string of the molecule is CCCC[C@H](Oc1ccc(CCC(=O)O)cc1C)c1cccc(-c2ccc(C(F)(F)F)cc2)n1. The molecule has 1 aromatic heterocycles. The Hall–Kier alpha value is -3.35. The minimum atomic E-state index is -4.38. The van der Waals surface area contributed by atoms with Crippen LogP contribution in [0.25, 0.3) is 11.3 Å². The Morgan fingerprint density at radius 1 is 1.09 bits per heavy atom. The van der Waals surface area contributed by atoms with Crippen molar-refractivity contribution < 1.29 is 27.8 Å². The number of aliphatic carboxylic acids is 1. The number of rotatable bonds is 10. The average Bonchev–Trinajstić information content (AvgIpc) is 2.81. The van der Waals surface area contributed by atoms with E-state index in [0.717, 1.165) is 42.5 Å². The molecule has 2 aromatic carbocycles. The lowest BCUT2D eigenvalue weighted by molar-refractivity contribution is -0.138. The molecule has 0 aliphatic carbocycles. The topological polar surface area (TPSA) is 59.4 Å². The fourth-order valence-corrected chi connectivity index (χ4v) is 3.68. The lowest BCUT2D eigenvalue weighted by Gasteiger charge is -2.21. The summed E-state index contributed by atoms with van der Waals surface area (Å²) in [4.78, 5) is 15.5. The standard InChI is InChI=1S/C27H28F3NO3/c1-3-4-8-25(34-24-15-9-19(17-18(24)2)10-16-26(32)33)23-7-5-6-22(31-23)20-11-13-21(14-12-20)27(28,29)30/h5-7,9,11-15,17,25H,3-4,8,10,16H2,1-2H3,(H,32,33)/t25-/m0/s1. The number of hydrogen-bond acceptors (Lipinski definition) is 3. The van der Waals surface area contributed by atoms with Crippen LogP contribution >= 0.6 is 0 Å². The van der Waals surface area contributed by atoms with Gasteiger partial charge in [0, 0.05) is 12.0 Å². The van der Waals surface area contributed by atoms with Gasteiger partial charge in [-0.15, -0.1) is 0 Å². The van der Waals surface area contributed by atoms with E-state index in [4.69, 9.17) is 14.8 Å². The fourth-order valence-electron chi connectivity index (χ4n) is 3.68. The van der Waals surface area contributed by atoms with Crippen molar-refractivity contribution in [3.63, 3.8) is 0 Å². The zero-order valence-electron chi connectivity index (χ0n) is 19.2. The Morgan fingerprint density at radius 3 is 2.44 bits per heavy atom. The first-order valence-corrected chi connectivity index (χ1v) is 11.3. The van der Waals surface area contributed by atoms with Gasteiger partial charge in [-0.2, -0.15) is 13.2 Å². The second-order valence-corrected chi connectivity index (χ2v) is 8.27. The molecule has 0 aliphatic heterocycles. The first-order valence-electron chi connectivity index (χ1n) is 11.3. The van der Waals surface area contributed by atoms with Crippen LogP contribution in [-0.2, 0) is 17.4 Å². The van der Waals surface area contributed by atoms with Crippen molar-refractivity contribution >= 4 is 5.97 Å². The fraction of sp³-hybridized carbons (Fsp3) is 0.333. The molecule has 0 radical (unpaired) electrons. The molecule has 3 rings (SSSR count). The van der Waals surface area contributed by atoms with Crippen LogP contribution in [0.2, 0.25) is 0 Å². The number of carboxylic acid groups (broad SMARTS) is 1. The predicted molar refractivity (Wildman–Crippen MR) is 125 cm³/mol. The van der Waals surface area contributed by atoms with Gasteiger partial charge in [0.25, 0.3) is 0 Å². The lowest BCUT2D eigenvalue weighted by atomic mass is 10.0. The van der Waals surface area contributed by atoms with E-state index in [9.17, 15) is 18.0 Å². The molecule has 7 heteroatoms. The summed E-state index contributed by atoms with van der Waals surface area (Å²) in [7, 11) is 0. The lowest BCUT2D eigenvalue weighted by Crippen LogP contribution is -2.11. The molecule has 0 amide bonds. The minimum absolute atomic E-state index is 0.0689. The van der Waals surface area contributed by atoms with E-state index in [1.165, 1.54) is 12.1 Å². The van der Waals surface area contributed by atoms with Gasteiger partial charge in [0.05, 0.1) is 17.0 Å². The summed E-state index contributed by atoms with van der Waals surface area (Å²) in [5.41, 5.74) is 3.03. The monoisotopic (exact) mass is 471 g/mol. The molecule has 0 saturated carbocycles. The second kappa shape index (κ2) is 11.2. The van der Waals surface area contributed by atoms with Gasteiger partial charge in [0.1, 0.15) is 11.9 Å². The molecule has 0 fully saturated rings. The van der Waals surface area contributed by atoms with E-state index < -0.39 is 17.7 Å². The molecule has 0 bridgehead atoms. The summed E-state index contributed by atoms with van der Waals surface area (Å²) in [6.45, 7) is 4.01. The largest absolute Gasteiger partial charge is 0.484 e. The Kier molecular flexibility index (Phi) is 8.31. The molecule has 4 nitrogen and oxygen atoms in total. The van der Waals surface area contributed by atoms with Crippen LogP contribution in [0.4, 0.5) is 13.2 Å². The Bertz CT molecular complexity index is 1110. The minimum Gasteiger partial charge on any atom is -0.484 e. The molecule has 1 heterocycles. The van der Waals surface area contributed by atoms with Crippen molar-refractivity contribution in [3.8, 4) is 17.0 Å². The molecule has 0 spiro atoms. The maximum Gasteiger partial charge on any atom is 0.416 e. The average molecular weight is 472 g/mol. The normalized spacial score (nSPS) is 12.4. The molecular formula is C27H28F3NO3. The van der Waals surface area contributed by atoms with E-state index in [1.807, 2.05) is 37.3 Å². The number of ether oxygens (including phenoxy) is 1. The van der Waals surface area contributed by atoms with E-state index in [2.05, 4.69) is 6.92 Å². The van der Waals surface area contributed by atoms with Gasteiger partial charge < -0.3 is 9.84 Å². The zero-order valence-corrected chi connectivity index (χ0v) is 19.2. The Morgan fingerprint density at radius 2 is 1.82 bits per heavy atom. The van der Waals surface area contributed by atoms with Crippen molar-refractivity contribution in [1.82, 2.24) is 4.98 Å². The van der Waals surface area contributed by atoms with Crippen LogP contribution < -0.4 is 4.74 Å². The first-order chi connectivity index (χ1) is 16.2. The van der Waals surface area contributed by atoms with Crippen LogP contribution in [0.1, 0.15) is 61.1 Å². The van der Waals surface area contributed by atoms with Gasteiger partial charge >= 0.3 is 12.1 Å². The van der Waals surface area contributed by atoms with E-state index in [0.29, 0.717) is 29.1 Å². The molecule has 0 unspecified atom stereocenters. The van der Waals surface area contributed by atoms with Gasteiger partial charge in [-0.3, -0.25) is 4.79 Å². The maximum absolute atomic E-state index is 12.9. The van der Waals surface area contributed by atoms with Crippen LogP contribution in [0.5, 0.6) is 5.75 Å². The Balaban J connectivity index is 1.84. The van der Waals surface area contributed by atoms with Gasteiger partial charge in [-0.05, 0) is 67.6 Å². The third-order valence-electron chi connectivity index (χ3n) is 5.56. The first kappa shape index (κ1) is 25.3. The van der Waals surface area contributed by atoms with Crippen molar-refractivity contribution in [1.29, 1.82) is 0 Å². The second-order valence-electron chi connectivity index (χ2n) is 8.27. The van der Waals surface area contributed by atoms with Gasteiger partial charge in [-0.1, -0.05) is 43.7 Å². The number of pyridine rings is 1. The van der Waals surface area contributed by atoms with Gasteiger partial charge in [0.15, 0.2) is 0 Å². The molecular weight excluding hydrogens is 443 g/mol. The van der Waals surface area contributed by atoms with Gasteiger partial charge in [-0.25, -0.2) is 4.98 Å². The van der Waals surface area contributed by atoms with E-state index in [-0.39, 0.29) is 12.5 Å². The summed E-state index contributed by atoms with van der Waals surface area (Å²) in [5.74, 6) is -0.140. The number of unbranched alkanes of at least 4 members (excludes halogenated alkanes) is 1. The number of aromatic nitrogens is 1. The summed E-state index contributed by atoms with van der Waals surface area (Å²) in [6.07, 6.45) is -1.55. The number of aryl methyl sites for hydroxylation is 2. The highest BCUT2D eigenvalue weighted by atomic mass is 19.4. The number of hydrogen-bond donors (Lipinski definition) is 1. The van der Waals surface area contributed by atoms with Crippen LogP contribution in [0.15, 0.2) is 60.7 Å². The maximum atomic E-state index is 12.9. The van der Waals surface area contributed by atoms with Crippen molar-refractivity contribution in [3.05, 3.63) is 83.0 Å². The number of halogens is 3. The summed E-state index contributed by atoms with van der Waals surface area (Å²) in [5, 5.41) is 8.90. The number of carboxylic acids is 1. The third-order valence-corrected chi connectivity index (χ3v) is 5.56. The molecule has 180 valence electrons. The van der Waals surface area contributed by atoms with Crippen LogP contribution in [0.3, 0.4) is 0 Å².